The van der Waals surface area contributed by atoms with Crippen molar-refractivity contribution in [3.63, 3.8) is 0 Å². The monoisotopic (exact) mass is 400 g/mol. The van der Waals surface area contributed by atoms with E-state index in [1.165, 1.54) is 23.5 Å². The molecule has 0 saturated carbocycles. The highest BCUT2D eigenvalue weighted by Gasteiger charge is 2.27. The molecule has 4 rings (SSSR count). The van der Waals surface area contributed by atoms with Crippen LogP contribution in [0.2, 0.25) is 0 Å². The van der Waals surface area contributed by atoms with Gasteiger partial charge in [-0.1, -0.05) is 19.1 Å². The number of likely N-dealkylation sites (N-methyl/N-ethyl adjacent to an activating group) is 1. The van der Waals surface area contributed by atoms with Gasteiger partial charge < -0.3 is 4.90 Å². The number of nitrogens with zero attached hydrogens (tertiary/aromatic N) is 4. The van der Waals surface area contributed by atoms with E-state index in [1.54, 1.807) is 10.6 Å². The highest BCUT2D eigenvalue weighted by molar-refractivity contribution is 7.16. The van der Waals surface area contributed by atoms with Crippen molar-refractivity contribution < 1.29 is 4.39 Å². The minimum atomic E-state index is -0.289. The number of fused-ring (bicyclic) bond motifs is 1. The zero-order chi connectivity index (χ0) is 19.7. The third-order valence-electron chi connectivity index (χ3n) is 5.51. The molecule has 0 spiro atoms. The summed E-state index contributed by atoms with van der Waals surface area (Å²) in [4.78, 5) is 23.7. The van der Waals surface area contributed by atoms with Gasteiger partial charge in [-0.05, 0) is 42.6 Å². The molecule has 0 amide bonds. The maximum Gasteiger partial charge on any atom is 0.262 e. The largest absolute Gasteiger partial charge is 0.304 e. The van der Waals surface area contributed by atoms with Crippen molar-refractivity contribution in [3.05, 3.63) is 63.3 Å². The fourth-order valence-electron chi connectivity index (χ4n) is 3.93. The molecule has 3 aromatic rings. The van der Waals surface area contributed by atoms with Gasteiger partial charge in [0.15, 0.2) is 0 Å². The first-order valence-corrected chi connectivity index (χ1v) is 10.6. The van der Waals surface area contributed by atoms with Crippen molar-refractivity contribution in [1.82, 2.24) is 19.4 Å². The van der Waals surface area contributed by atoms with Crippen LogP contribution in [-0.4, -0.2) is 52.6 Å². The van der Waals surface area contributed by atoms with E-state index in [2.05, 4.69) is 23.8 Å². The fraction of sp³-hybridized carbons (Fsp3) is 0.429. The second-order valence-electron chi connectivity index (χ2n) is 7.39. The summed E-state index contributed by atoms with van der Waals surface area (Å²) in [5.74, 6) is 0.499. The summed E-state index contributed by atoms with van der Waals surface area (Å²) in [5.41, 5.74) is 0.728. The zero-order valence-corrected chi connectivity index (χ0v) is 17.1. The van der Waals surface area contributed by atoms with Gasteiger partial charge >= 0.3 is 0 Å². The topological polar surface area (TPSA) is 41.4 Å². The standard InChI is InChI=1S/C21H25FN4OS/c1-3-18(25-10-8-24(2)9-11-25)19-23-20-17(7-12-28-20)21(27)26(19)14-15-5-4-6-16(22)13-15/h4-7,12-13,18H,3,8-11,14H2,1-2H3. The van der Waals surface area contributed by atoms with E-state index in [0.29, 0.717) is 11.9 Å². The van der Waals surface area contributed by atoms with E-state index in [4.69, 9.17) is 4.98 Å². The predicted octanol–water partition coefficient (Wildman–Crippen LogP) is 3.34. The van der Waals surface area contributed by atoms with Crippen molar-refractivity contribution in [3.8, 4) is 0 Å². The first-order valence-electron chi connectivity index (χ1n) is 9.71. The van der Waals surface area contributed by atoms with Gasteiger partial charge in [0, 0.05) is 26.2 Å². The third kappa shape index (κ3) is 3.74. The Kier molecular flexibility index (Phi) is 5.57. The number of thiophene rings is 1. The lowest BCUT2D eigenvalue weighted by Crippen LogP contribution is -2.47. The van der Waals surface area contributed by atoms with Crippen LogP contribution in [0.5, 0.6) is 0 Å². The average Bonchev–Trinajstić information content (AvgIpc) is 3.16. The lowest BCUT2D eigenvalue weighted by molar-refractivity contribution is 0.103. The lowest BCUT2D eigenvalue weighted by Gasteiger charge is -2.37. The summed E-state index contributed by atoms with van der Waals surface area (Å²) >= 11 is 1.50. The van der Waals surface area contributed by atoms with E-state index in [0.717, 1.165) is 48.8 Å². The molecule has 2 aromatic heterocycles. The van der Waals surface area contributed by atoms with E-state index in [-0.39, 0.29) is 17.4 Å². The number of piperazine rings is 1. The Labute approximate surface area is 168 Å². The molecule has 28 heavy (non-hydrogen) atoms. The molecule has 7 heteroatoms. The third-order valence-corrected chi connectivity index (χ3v) is 6.31. The summed E-state index contributed by atoms with van der Waals surface area (Å²) in [7, 11) is 2.13. The lowest BCUT2D eigenvalue weighted by atomic mass is 10.1. The number of hydrogen-bond acceptors (Lipinski definition) is 5. The van der Waals surface area contributed by atoms with Crippen LogP contribution < -0.4 is 5.56 Å². The second-order valence-corrected chi connectivity index (χ2v) is 8.29. The smallest absolute Gasteiger partial charge is 0.262 e. The van der Waals surface area contributed by atoms with Crippen LogP contribution in [0.4, 0.5) is 4.39 Å². The summed E-state index contributed by atoms with van der Waals surface area (Å²) in [6.07, 6.45) is 0.871. The molecule has 1 aliphatic rings. The Hall–Kier alpha value is -2.09. The summed E-state index contributed by atoms with van der Waals surface area (Å²) in [6.45, 7) is 6.38. The van der Waals surface area contributed by atoms with Gasteiger partial charge in [-0.25, -0.2) is 9.37 Å². The van der Waals surface area contributed by atoms with E-state index < -0.39 is 0 Å². The normalized spacial score (nSPS) is 17.2. The molecule has 1 unspecified atom stereocenters. The van der Waals surface area contributed by atoms with Crippen molar-refractivity contribution in [2.45, 2.75) is 25.9 Å². The van der Waals surface area contributed by atoms with Crippen molar-refractivity contribution >= 4 is 21.6 Å². The Morgan fingerprint density at radius 2 is 2.00 bits per heavy atom. The fourth-order valence-corrected chi connectivity index (χ4v) is 4.69. The molecule has 1 aliphatic heterocycles. The molecule has 1 fully saturated rings. The number of benzene rings is 1. The minimum Gasteiger partial charge on any atom is -0.304 e. The molecule has 0 bridgehead atoms. The van der Waals surface area contributed by atoms with Crippen molar-refractivity contribution in [2.75, 3.05) is 33.2 Å². The number of rotatable bonds is 5. The highest BCUT2D eigenvalue weighted by atomic mass is 32.1. The van der Waals surface area contributed by atoms with Gasteiger partial charge in [0.05, 0.1) is 18.0 Å². The van der Waals surface area contributed by atoms with Gasteiger partial charge in [0.1, 0.15) is 16.5 Å². The number of aromatic nitrogens is 2. The van der Waals surface area contributed by atoms with Crippen molar-refractivity contribution in [2.24, 2.45) is 0 Å². The Morgan fingerprint density at radius 3 is 2.71 bits per heavy atom. The van der Waals surface area contributed by atoms with Crippen LogP contribution in [0, 0.1) is 5.82 Å². The molecule has 0 aliphatic carbocycles. The van der Waals surface area contributed by atoms with Crippen LogP contribution in [-0.2, 0) is 6.54 Å². The Balaban J connectivity index is 1.80. The van der Waals surface area contributed by atoms with Crippen LogP contribution >= 0.6 is 11.3 Å². The van der Waals surface area contributed by atoms with Crippen LogP contribution in [0.1, 0.15) is 30.8 Å². The van der Waals surface area contributed by atoms with Crippen molar-refractivity contribution in [1.29, 1.82) is 0 Å². The number of hydrogen-bond donors (Lipinski definition) is 0. The maximum atomic E-state index is 13.7. The summed E-state index contributed by atoms with van der Waals surface area (Å²) in [6, 6.07) is 8.36. The van der Waals surface area contributed by atoms with E-state index in [1.807, 2.05) is 17.5 Å². The van der Waals surface area contributed by atoms with Crippen LogP contribution in [0.3, 0.4) is 0 Å². The van der Waals surface area contributed by atoms with Gasteiger partial charge in [0.2, 0.25) is 0 Å². The molecule has 1 atom stereocenters. The molecule has 0 radical (unpaired) electrons. The second kappa shape index (κ2) is 8.11. The Bertz CT molecular complexity index is 1020. The molecule has 5 nitrogen and oxygen atoms in total. The molecule has 0 N–H and O–H groups in total. The van der Waals surface area contributed by atoms with Gasteiger partial charge in [0.25, 0.3) is 5.56 Å². The molecular formula is C21H25FN4OS. The van der Waals surface area contributed by atoms with Crippen LogP contribution in [0.15, 0.2) is 40.5 Å². The van der Waals surface area contributed by atoms with Gasteiger partial charge in [-0.15, -0.1) is 11.3 Å². The highest BCUT2D eigenvalue weighted by Crippen LogP contribution is 2.26. The number of halogens is 1. The Morgan fingerprint density at radius 1 is 1.21 bits per heavy atom. The van der Waals surface area contributed by atoms with Crippen LogP contribution in [0.25, 0.3) is 10.2 Å². The molecular weight excluding hydrogens is 375 g/mol. The zero-order valence-electron chi connectivity index (χ0n) is 16.3. The average molecular weight is 401 g/mol. The molecule has 3 heterocycles. The summed E-state index contributed by atoms with van der Waals surface area (Å²) in [5, 5.41) is 2.55. The van der Waals surface area contributed by atoms with E-state index >= 15 is 0 Å². The first-order chi connectivity index (χ1) is 13.6. The molecule has 1 aromatic carbocycles. The maximum absolute atomic E-state index is 13.7. The first kappa shape index (κ1) is 19.2. The van der Waals surface area contributed by atoms with Gasteiger partial charge in [-0.3, -0.25) is 14.3 Å². The molecule has 148 valence electrons. The summed E-state index contributed by atoms with van der Waals surface area (Å²) < 4.78 is 15.5. The quantitative estimate of drug-likeness (QED) is 0.659. The molecule has 1 saturated heterocycles. The van der Waals surface area contributed by atoms with Gasteiger partial charge in [-0.2, -0.15) is 0 Å². The minimum absolute atomic E-state index is 0.0434. The SMILES string of the molecule is CCC(c1nc2sccc2c(=O)n1Cc1cccc(F)c1)N1CCN(C)CC1. The van der Waals surface area contributed by atoms with E-state index in [9.17, 15) is 9.18 Å². The predicted molar refractivity (Wildman–Crippen MR) is 111 cm³/mol.